The van der Waals surface area contributed by atoms with Crippen molar-refractivity contribution in [2.75, 3.05) is 12.4 Å². The average molecular weight is 495 g/mol. The molecule has 0 unspecified atom stereocenters. The van der Waals surface area contributed by atoms with E-state index in [-0.39, 0.29) is 5.75 Å². The van der Waals surface area contributed by atoms with Crippen molar-refractivity contribution in [1.82, 2.24) is 30.5 Å². The molecule has 1 aliphatic heterocycles. The van der Waals surface area contributed by atoms with Gasteiger partial charge in [-0.3, -0.25) is 19.6 Å². The molecule has 35 heavy (non-hydrogen) atoms. The predicted octanol–water partition coefficient (Wildman–Crippen LogP) is 3.18. The maximum absolute atomic E-state index is 12.6. The largest absolute Gasteiger partial charge is 0.494 e. The molecule has 2 aromatic carbocycles. The topological polar surface area (TPSA) is 118 Å². The number of hydrazine groups is 1. The molecular formula is C24H26N6O4S. The van der Waals surface area contributed by atoms with Crippen LogP contribution in [0.3, 0.4) is 0 Å². The van der Waals surface area contributed by atoms with Crippen molar-refractivity contribution in [3.05, 3.63) is 54.6 Å². The maximum atomic E-state index is 12.6. The van der Waals surface area contributed by atoms with Gasteiger partial charge in [0.25, 0.3) is 5.91 Å². The monoisotopic (exact) mass is 494 g/mol. The fourth-order valence-corrected chi connectivity index (χ4v) is 4.29. The molecule has 182 valence electrons. The van der Waals surface area contributed by atoms with Crippen LogP contribution in [-0.2, 0) is 9.59 Å². The van der Waals surface area contributed by atoms with E-state index >= 15 is 0 Å². The third-order valence-corrected chi connectivity index (χ3v) is 6.54. The fraction of sp³-hybridized carbons (Fsp3) is 0.292. The predicted molar refractivity (Wildman–Crippen MR) is 131 cm³/mol. The third-order valence-electron chi connectivity index (χ3n) is 5.61. The van der Waals surface area contributed by atoms with Gasteiger partial charge in [0, 0.05) is 11.3 Å². The number of aromatic nitrogens is 3. The molecule has 0 saturated carbocycles. The van der Waals surface area contributed by atoms with Gasteiger partial charge in [0.2, 0.25) is 5.91 Å². The van der Waals surface area contributed by atoms with Crippen LogP contribution in [-0.4, -0.2) is 55.5 Å². The summed E-state index contributed by atoms with van der Waals surface area (Å²) < 4.78 is 7.39. The molecule has 1 aromatic heterocycles. The lowest BCUT2D eigenvalue weighted by atomic mass is 10.00. The van der Waals surface area contributed by atoms with E-state index in [1.54, 1.807) is 13.8 Å². The molecule has 3 aromatic rings. The Kier molecular flexibility index (Phi) is 7.06. The smallest absolute Gasteiger partial charge is 0.344 e. The van der Waals surface area contributed by atoms with Crippen LogP contribution in [0.5, 0.6) is 5.75 Å². The molecule has 1 atom stereocenters. The second-order valence-corrected chi connectivity index (χ2v) is 8.96. The van der Waals surface area contributed by atoms with Gasteiger partial charge in [0.15, 0.2) is 11.0 Å². The first-order valence-corrected chi connectivity index (χ1v) is 12.2. The summed E-state index contributed by atoms with van der Waals surface area (Å²) in [5.41, 5.74) is 3.03. The number of nitrogens with one attached hydrogen (secondary N) is 2. The molecule has 0 spiro atoms. The van der Waals surface area contributed by atoms with Gasteiger partial charge < -0.3 is 10.1 Å². The zero-order valence-corrected chi connectivity index (χ0v) is 20.5. The van der Waals surface area contributed by atoms with Crippen molar-refractivity contribution in [3.63, 3.8) is 0 Å². The SMILES string of the molecule is CCOc1ccc(-n2c(SCC(=O)NN3C(=O)N[C@](C)(CC)C3=O)nnc2-c2ccccc2)cc1. The minimum atomic E-state index is -1.03. The first kappa shape index (κ1) is 24.3. The van der Waals surface area contributed by atoms with E-state index < -0.39 is 23.4 Å². The van der Waals surface area contributed by atoms with E-state index in [1.807, 2.05) is 66.1 Å². The number of thioether (sulfide) groups is 1. The number of imide groups is 1. The number of nitrogens with zero attached hydrogens (tertiary/aromatic N) is 4. The first-order valence-electron chi connectivity index (χ1n) is 11.2. The van der Waals surface area contributed by atoms with Crippen molar-refractivity contribution in [3.8, 4) is 22.8 Å². The van der Waals surface area contributed by atoms with Gasteiger partial charge in [-0.05, 0) is 44.5 Å². The molecule has 4 amide bonds. The lowest BCUT2D eigenvalue weighted by Crippen LogP contribution is -2.49. The molecule has 1 fully saturated rings. The highest BCUT2D eigenvalue weighted by Gasteiger charge is 2.47. The highest BCUT2D eigenvalue weighted by molar-refractivity contribution is 7.99. The Morgan fingerprint density at radius 1 is 1.09 bits per heavy atom. The molecule has 11 heteroatoms. The number of rotatable bonds is 9. The molecule has 2 N–H and O–H groups in total. The Bertz CT molecular complexity index is 1230. The van der Waals surface area contributed by atoms with Crippen LogP contribution in [0.2, 0.25) is 0 Å². The van der Waals surface area contributed by atoms with Crippen molar-refractivity contribution in [1.29, 1.82) is 0 Å². The quantitative estimate of drug-likeness (QED) is 0.346. The lowest BCUT2D eigenvalue weighted by Gasteiger charge is -2.19. The molecule has 1 saturated heterocycles. The van der Waals surface area contributed by atoms with Crippen molar-refractivity contribution in [2.24, 2.45) is 0 Å². The second-order valence-electron chi connectivity index (χ2n) is 8.01. The summed E-state index contributed by atoms with van der Waals surface area (Å²) in [5, 5.41) is 12.5. The van der Waals surface area contributed by atoms with E-state index in [9.17, 15) is 14.4 Å². The number of ether oxygens (including phenoxy) is 1. The van der Waals surface area contributed by atoms with Gasteiger partial charge in [0.05, 0.1) is 12.4 Å². The Labute approximate surface area is 207 Å². The minimum Gasteiger partial charge on any atom is -0.494 e. The summed E-state index contributed by atoms with van der Waals surface area (Å²) in [6, 6.07) is 16.4. The molecule has 0 radical (unpaired) electrons. The van der Waals surface area contributed by atoms with Crippen molar-refractivity contribution < 1.29 is 19.1 Å². The molecular weight excluding hydrogens is 468 g/mol. The summed E-state index contributed by atoms with van der Waals surface area (Å²) in [6.07, 6.45) is 0.409. The standard InChI is InChI=1S/C24H26N6O4S/c1-4-24(3)21(32)30(22(33)25-24)28-19(31)15-35-23-27-26-20(16-9-7-6-8-10-16)29(23)17-11-13-18(14-12-17)34-5-2/h6-14H,4-5,15H2,1-3H3,(H,25,33)(H,28,31)/t24-/m1/s1. The van der Waals surface area contributed by atoms with Gasteiger partial charge in [0.1, 0.15) is 11.3 Å². The third kappa shape index (κ3) is 4.99. The fourth-order valence-electron chi connectivity index (χ4n) is 3.54. The summed E-state index contributed by atoms with van der Waals surface area (Å²) in [7, 11) is 0. The van der Waals surface area contributed by atoms with Gasteiger partial charge in [-0.1, -0.05) is 49.0 Å². The first-order chi connectivity index (χ1) is 16.9. The normalized spacial score (nSPS) is 17.4. The van der Waals surface area contributed by atoms with E-state index in [0.29, 0.717) is 24.0 Å². The highest BCUT2D eigenvalue weighted by Crippen LogP contribution is 2.29. The Hall–Kier alpha value is -3.86. The zero-order chi connectivity index (χ0) is 25.0. The number of hydrogen-bond donors (Lipinski definition) is 2. The van der Waals surface area contributed by atoms with Gasteiger partial charge >= 0.3 is 6.03 Å². The van der Waals surface area contributed by atoms with Crippen LogP contribution in [0.1, 0.15) is 27.2 Å². The Balaban J connectivity index is 1.55. The lowest BCUT2D eigenvalue weighted by molar-refractivity contribution is -0.137. The Morgan fingerprint density at radius 3 is 2.43 bits per heavy atom. The zero-order valence-electron chi connectivity index (χ0n) is 19.6. The molecule has 0 aliphatic carbocycles. The molecule has 4 rings (SSSR count). The molecule has 10 nitrogen and oxygen atoms in total. The number of benzene rings is 2. The van der Waals surface area contributed by atoms with Crippen LogP contribution in [0.4, 0.5) is 4.79 Å². The summed E-state index contributed by atoms with van der Waals surface area (Å²) in [6.45, 7) is 5.89. The van der Waals surface area contributed by atoms with E-state index in [4.69, 9.17) is 4.74 Å². The van der Waals surface area contributed by atoms with E-state index in [1.165, 1.54) is 0 Å². The molecule has 1 aliphatic rings. The summed E-state index contributed by atoms with van der Waals surface area (Å²) in [4.78, 5) is 37.3. The van der Waals surface area contributed by atoms with Crippen molar-refractivity contribution >= 4 is 29.6 Å². The second kappa shape index (κ2) is 10.2. The van der Waals surface area contributed by atoms with E-state index in [2.05, 4.69) is 20.9 Å². The van der Waals surface area contributed by atoms with Crippen molar-refractivity contribution in [2.45, 2.75) is 37.9 Å². The summed E-state index contributed by atoms with van der Waals surface area (Å²) in [5.74, 6) is 0.273. The molecule has 2 heterocycles. The van der Waals surface area contributed by atoms with Crippen LogP contribution in [0.25, 0.3) is 17.1 Å². The summed E-state index contributed by atoms with van der Waals surface area (Å²) >= 11 is 1.15. The Morgan fingerprint density at radius 2 is 1.80 bits per heavy atom. The van der Waals surface area contributed by atoms with Crippen LogP contribution < -0.4 is 15.5 Å². The number of carbonyl (C=O) groups is 3. The van der Waals surface area contributed by atoms with Crippen LogP contribution in [0.15, 0.2) is 59.8 Å². The highest BCUT2D eigenvalue weighted by atomic mass is 32.2. The number of hydrogen-bond acceptors (Lipinski definition) is 7. The minimum absolute atomic E-state index is 0.0795. The van der Waals surface area contributed by atoms with Crippen LogP contribution in [0, 0.1) is 0 Å². The molecule has 0 bridgehead atoms. The van der Waals surface area contributed by atoms with Gasteiger partial charge in [-0.2, -0.15) is 5.01 Å². The number of carbonyl (C=O) groups excluding carboxylic acids is 3. The van der Waals surface area contributed by atoms with Gasteiger partial charge in [-0.25, -0.2) is 4.79 Å². The number of urea groups is 1. The van der Waals surface area contributed by atoms with Crippen LogP contribution >= 0.6 is 11.8 Å². The average Bonchev–Trinajstić information content (AvgIpc) is 3.39. The number of amides is 4. The van der Waals surface area contributed by atoms with Gasteiger partial charge in [-0.15, -0.1) is 10.2 Å². The van der Waals surface area contributed by atoms with E-state index in [0.717, 1.165) is 33.8 Å². The maximum Gasteiger partial charge on any atom is 0.344 e.